The molecule has 0 aromatic heterocycles. The van der Waals surface area contributed by atoms with Gasteiger partial charge in [0.25, 0.3) is 0 Å². The molecular formula is C15H30N4O2S. The van der Waals surface area contributed by atoms with Gasteiger partial charge in [0.05, 0.1) is 31.9 Å². The van der Waals surface area contributed by atoms with Gasteiger partial charge in [-0.3, -0.25) is 9.89 Å². The predicted molar refractivity (Wildman–Crippen MR) is 92.9 cm³/mol. The molecule has 2 heterocycles. The zero-order valence-electron chi connectivity index (χ0n) is 13.9. The average Bonchev–Trinajstić information content (AvgIpc) is 3.04. The number of morpholine rings is 1. The van der Waals surface area contributed by atoms with Crippen molar-refractivity contribution in [3.8, 4) is 0 Å². The van der Waals surface area contributed by atoms with Gasteiger partial charge in [-0.25, -0.2) is 0 Å². The highest BCUT2D eigenvalue weighted by atomic mass is 32.2. The van der Waals surface area contributed by atoms with Crippen molar-refractivity contribution in [2.75, 3.05) is 71.2 Å². The molecule has 0 bridgehead atoms. The van der Waals surface area contributed by atoms with E-state index in [1.54, 1.807) is 7.11 Å². The summed E-state index contributed by atoms with van der Waals surface area (Å²) in [6.07, 6.45) is 1.22. The maximum atomic E-state index is 5.51. The van der Waals surface area contributed by atoms with Gasteiger partial charge in [0.15, 0.2) is 5.96 Å². The first kappa shape index (κ1) is 17.8. The highest BCUT2D eigenvalue weighted by Crippen LogP contribution is 2.34. The van der Waals surface area contributed by atoms with E-state index >= 15 is 0 Å². The second kappa shape index (κ2) is 9.60. The second-order valence-corrected chi connectivity index (χ2v) is 6.85. The molecule has 2 rings (SSSR count). The summed E-state index contributed by atoms with van der Waals surface area (Å²) in [7, 11) is 1.72. The minimum atomic E-state index is 0.206. The van der Waals surface area contributed by atoms with Crippen molar-refractivity contribution in [2.45, 2.75) is 18.9 Å². The smallest absolute Gasteiger partial charge is 0.191 e. The summed E-state index contributed by atoms with van der Waals surface area (Å²) in [5.41, 5.74) is 0.206. The van der Waals surface area contributed by atoms with E-state index in [9.17, 15) is 0 Å². The Bertz CT molecular complexity index is 342. The molecule has 2 aliphatic rings. The molecule has 2 N–H and O–H groups in total. The second-order valence-electron chi connectivity index (χ2n) is 5.74. The molecular weight excluding hydrogens is 300 g/mol. The van der Waals surface area contributed by atoms with Crippen LogP contribution >= 0.6 is 11.8 Å². The first-order valence-corrected chi connectivity index (χ1v) is 9.38. The number of nitrogens with zero attached hydrogens (tertiary/aromatic N) is 2. The molecule has 2 fully saturated rings. The Kier molecular flexibility index (Phi) is 7.79. The lowest BCUT2D eigenvalue weighted by molar-refractivity contribution is -0.0104. The van der Waals surface area contributed by atoms with Gasteiger partial charge in [0, 0.05) is 39.0 Å². The molecule has 0 saturated carbocycles. The monoisotopic (exact) mass is 330 g/mol. The third-order valence-corrected chi connectivity index (χ3v) is 5.47. The summed E-state index contributed by atoms with van der Waals surface area (Å²) in [4.78, 5) is 7.45. The van der Waals surface area contributed by atoms with Crippen molar-refractivity contribution in [1.29, 1.82) is 0 Å². The quantitative estimate of drug-likeness (QED) is 0.400. The van der Waals surface area contributed by atoms with Crippen molar-refractivity contribution in [2.24, 2.45) is 4.99 Å². The molecule has 7 heteroatoms. The summed E-state index contributed by atoms with van der Waals surface area (Å²) >= 11 is 2.05. The van der Waals surface area contributed by atoms with Crippen LogP contribution in [-0.4, -0.2) is 87.6 Å². The van der Waals surface area contributed by atoms with Crippen LogP contribution < -0.4 is 10.6 Å². The van der Waals surface area contributed by atoms with E-state index in [4.69, 9.17) is 14.5 Å². The van der Waals surface area contributed by atoms with Crippen LogP contribution in [0.1, 0.15) is 13.3 Å². The van der Waals surface area contributed by atoms with E-state index in [1.807, 2.05) is 11.8 Å². The lowest BCUT2D eigenvalue weighted by Crippen LogP contribution is -2.56. The maximum Gasteiger partial charge on any atom is 0.191 e. The fourth-order valence-corrected chi connectivity index (χ4v) is 4.41. The molecule has 22 heavy (non-hydrogen) atoms. The van der Waals surface area contributed by atoms with Crippen LogP contribution in [0.3, 0.4) is 0 Å². The van der Waals surface area contributed by atoms with E-state index < -0.39 is 0 Å². The SMILES string of the molecule is CCNC(=NCC1(N2CCOCC2)CCSC1)NCCOC. The molecule has 1 atom stereocenters. The van der Waals surface area contributed by atoms with Crippen LogP contribution in [0, 0.1) is 0 Å². The molecule has 1 unspecified atom stereocenters. The number of aliphatic imine (C=N–C) groups is 1. The van der Waals surface area contributed by atoms with Gasteiger partial charge in [0.2, 0.25) is 0 Å². The molecule has 2 saturated heterocycles. The van der Waals surface area contributed by atoms with E-state index in [1.165, 1.54) is 17.9 Å². The maximum absolute atomic E-state index is 5.51. The van der Waals surface area contributed by atoms with E-state index in [0.29, 0.717) is 6.61 Å². The minimum absolute atomic E-state index is 0.206. The first-order chi connectivity index (χ1) is 10.8. The molecule has 6 nitrogen and oxygen atoms in total. The molecule has 0 radical (unpaired) electrons. The topological polar surface area (TPSA) is 58.1 Å². The van der Waals surface area contributed by atoms with Crippen molar-refractivity contribution in [3.05, 3.63) is 0 Å². The third kappa shape index (κ3) is 5.01. The van der Waals surface area contributed by atoms with Crippen LogP contribution in [0.4, 0.5) is 0 Å². The van der Waals surface area contributed by atoms with Crippen molar-refractivity contribution < 1.29 is 9.47 Å². The Balaban J connectivity index is 1.96. The van der Waals surface area contributed by atoms with Crippen molar-refractivity contribution >= 4 is 17.7 Å². The van der Waals surface area contributed by atoms with Crippen molar-refractivity contribution in [3.63, 3.8) is 0 Å². The standard InChI is InChI=1S/C15H30N4O2S/c1-3-16-14(17-5-8-20-2)18-12-15(4-11-22-13-15)19-6-9-21-10-7-19/h3-13H2,1-2H3,(H2,16,17,18). The van der Waals surface area contributed by atoms with Gasteiger partial charge in [-0.2, -0.15) is 11.8 Å². The fourth-order valence-electron chi connectivity index (χ4n) is 2.95. The van der Waals surface area contributed by atoms with Crippen LogP contribution in [-0.2, 0) is 9.47 Å². The Morgan fingerprint density at radius 1 is 1.36 bits per heavy atom. The van der Waals surface area contributed by atoms with Gasteiger partial charge < -0.3 is 20.1 Å². The van der Waals surface area contributed by atoms with Crippen LogP contribution in [0.15, 0.2) is 4.99 Å². The lowest BCUT2D eigenvalue weighted by atomic mass is 9.96. The van der Waals surface area contributed by atoms with Gasteiger partial charge in [-0.15, -0.1) is 0 Å². The zero-order valence-corrected chi connectivity index (χ0v) is 14.7. The van der Waals surface area contributed by atoms with Crippen molar-refractivity contribution in [1.82, 2.24) is 15.5 Å². The average molecular weight is 330 g/mol. The number of hydrogen-bond acceptors (Lipinski definition) is 5. The number of methoxy groups -OCH3 is 1. The van der Waals surface area contributed by atoms with Crippen LogP contribution in [0.5, 0.6) is 0 Å². The molecule has 2 aliphatic heterocycles. The third-order valence-electron chi connectivity index (χ3n) is 4.24. The number of thioether (sulfide) groups is 1. The van der Waals surface area contributed by atoms with Gasteiger partial charge in [-0.1, -0.05) is 0 Å². The number of hydrogen-bond donors (Lipinski definition) is 2. The van der Waals surface area contributed by atoms with Gasteiger partial charge >= 0.3 is 0 Å². The fraction of sp³-hybridized carbons (Fsp3) is 0.933. The summed E-state index contributed by atoms with van der Waals surface area (Å²) in [6.45, 7) is 9.05. The summed E-state index contributed by atoms with van der Waals surface area (Å²) in [5.74, 6) is 3.30. The van der Waals surface area contributed by atoms with Crippen LogP contribution in [0.25, 0.3) is 0 Å². The summed E-state index contributed by atoms with van der Waals surface area (Å²) < 4.78 is 10.6. The first-order valence-electron chi connectivity index (χ1n) is 8.22. The minimum Gasteiger partial charge on any atom is -0.383 e. The highest BCUT2D eigenvalue weighted by Gasteiger charge is 2.40. The van der Waals surface area contributed by atoms with Crippen LogP contribution in [0.2, 0.25) is 0 Å². The number of ether oxygens (including phenoxy) is 2. The predicted octanol–water partition coefficient (Wildman–Crippen LogP) is 0.396. The largest absolute Gasteiger partial charge is 0.383 e. The molecule has 0 aromatic carbocycles. The lowest BCUT2D eigenvalue weighted by Gasteiger charge is -2.42. The van der Waals surface area contributed by atoms with Gasteiger partial charge in [0.1, 0.15) is 0 Å². The Morgan fingerprint density at radius 3 is 2.82 bits per heavy atom. The number of nitrogens with one attached hydrogen (secondary N) is 2. The molecule has 0 aliphatic carbocycles. The number of rotatable bonds is 7. The Morgan fingerprint density at radius 2 is 2.18 bits per heavy atom. The van der Waals surface area contributed by atoms with E-state index in [0.717, 1.165) is 51.9 Å². The van der Waals surface area contributed by atoms with E-state index in [-0.39, 0.29) is 5.54 Å². The summed E-state index contributed by atoms with van der Waals surface area (Å²) in [6, 6.07) is 0. The number of guanidine groups is 1. The Labute approximate surface area is 138 Å². The Hall–Kier alpha value is -0.500. The molecule has 0 aromatic rings. The zero-order chi connectivity index (χ0) is 15.7. The van der Waals surface area contributed by atoms with E-state index in [2.05, 4.69) is 22.5 Å². The summed E-state index contributed by atoms with van der Waals surface area (Å²) in [5, 5.41) is 6.65. The molecule has 128 valence electrons. The molecule has 0 amide bonds. The molecule has 0 spiro atoms. The highest BCUT2D eigenvalue weighted by molar-refractivity contribution is 7.99. The van der Waals surface area contributed by atoms with Gasteiger partial charge in [-0.05, 0) is 19.1 Å². The normalized spacial score (nSPS) is 27.1.